The van der Waals surface area contributed by atoms with Gasteiger partial charge in [-0.3, -0.25) is 4.79 Å². The van der Waals surface area contributed by atoms with E-state index in [1.807, 2.05) is 41.8 Å². The number of carbonyl (C=O) groups excluding carboxylic acids is 1. The molecule has 0 bridgehead atoms. The molecule has 5 nitrogen and oxygen atoms in total. The monoisotopic (exact) mass is 385 g/mol. The van der Waals surface area contributed by atoms with Crippen molar-refractivity contribution in [3.8, 4) is 16.5 Å². The highest BCUT2D eigenvalue weighted by Gasteiger charge is 2.04. The highest BCUT2D eigenvalue weighted by atomic mass is 32.2. The second-order valence-electron chi connectivity index (χ2n) is 5.41. The topological polar surface area (TPSA) is 64.1 Å². The van der Waals surface area contributed by atoms with E-state index in [0.717, 1.165) is 16.3 Å². The van der Waals surface area contributed by atoms with Gasteiger partial charge in [0.2, 0.25) is 11.8 Å². The number of thioether (sulfide) groups is 1. The standard InChI is InChI=1S/C19H19N3O2S2/c23-18(14-25-13-15-5-2-1-3-6-15)20-10-11-24-19-9-8-16(21-22-19)17-7-4-12-26-17/h1-9,12H,10-11,13-14H2,(H,20,23). The molecule has 7 heteroatoms. The van der Waals surface area contributed by atoms with Crippen LogP contribution in [-0.4, -0.2) is 35.0 Å². The van der Waals surface area contributed by atoms with Crippen molar-refractivity contribution >= 4 is 29.0 Å². The fraction of sp³-hybridized carbons (Fsp3) is 0.211. The van der Waals surface area contributed by atoms with Crippen LogP contribution in [-0.2, 0) is 10.5 Å². The first-order chi connectivity index (χ1) is 12.8. The third-order valence-corrected chi connectivity index (χ3v) is 5.33. The molecule has 1 amide bonds. The van der Waals surface area contributed by atoms with E-state index in [4.69, 9.17) is 4.74 Å². The third-order valence-electron chi connectivity index (χ3n) is 3.43. The quantitative estimate of drug-likeness (QED) is 0.570. The Labute approximate surface area is 160 Å². The molecule has 0 atom stereocenters. The minimum atomic E-state index is 0.00802. The lowest BCUT2D eigenvalue weighted by atomic mass is 10.2. The summed E-state index contributed by atoms with van der Waals surface area (Å²) in [5, 5.41) is 13.0. The van der Waals surface area contributed by atoms with Gasteiger partial charge in [-0.2, -0.15) is 0 Å². The fourth-order valence-corrected chi connectivity index (χ4v) is 3.69. The first-order valence-electron chi connectivity index (χ1n) is 8.20. The molecule has 0 saturated carbocycles. The van der Waals surface area contributed by atoms with E-state index in [2.05, 4.69) is 27.6 Å². The van der Waals surface area contributed by atoms with Crippen molar-refractivity contribution in [2.45, 2.75) is 5.75 Å². The molecule has 0 radical (unpaired) electrons. The molecule has 0 aliphatic rings. The summed E-state index contributed by atoms with van der Waals surface area (Å²) in [7, 11) is 0. The molecule has 2 heterocycles. The van der Waals surface area contributed by atoms with Gasteiger partial charge in [0, 0.05) is 11.8 Å². The molecule has 3 rings (SSSR count). The third kappa shape index (κ3) is 5.86. The minimum Gasteiger partial charge on any atom is -0.475 e. The molecule has 1 aromatic carbocycles. The molecule has 0 aliphatic carbocycles. The molecule has 2 aromatic heterocycles. The first-order valence-corrected chi connectivity index (χ1v) is 10.2. The summed E-state index contributed by atoms with van der Waals surface area (Å²) in [6.45, 7) is 0.807. The van der Waals surface area contributed by atoms with Crippen molar-refractivity contribution < 1.29 is 9.53 Å². The minimum absolute atomic E-state index is 0.00802. The van der Waals surface area contributed by atoms with E-state index in [9.17, 15) is 4.79 Å². The summed E-state index contributed by atoms with van der Waals surface area (Å²) in [6.07, 6.45) is 0. The molecule has 0 fully saturated rings. The van der Waals surface area contributed by atoms with Crippen LogP contribution >= 0.6 is 23.1 Å². The van der Waals surface area contributed by atoms with Gasteiger partial charge >= 0.3 is 0 Å². The number of rotatable bonds is 9. The molecule has 134 valence electrons. The van der Waals surface area contributed by atoms with Crippen LogP contribution in [0.2, 0.25) is 0 Å². The van der Waals surface area contributed by atoms with Crippen LogP contribution in [0.3, 0.4) is 0 Å². The molecule has 0 spiro atoms. The first kappa shape index (κ1) is 18.4. The summed E-state index contributed by atoms with van der Waals surface area (Å²) in [6, 6.07) is 17.8. The van der Waals surface area contributed by atoms with Crippen molar-refractivity contribution in [2.24, 2.45) is 0 Å². The number of benzene rings is 1. The van der Waals surface area contributed by atoms with Gasteiger partial charge in [0.05, 0.1) is 17.2 Å². The van der Waals surface area contributed by atoms with Crippen molar-refractivity contribution in [1.29, 1.82) is 0 Å². The van der Waals surface area contributed by atoms with Crippen LogP contribution in [0.5, 0.6) is 5.88 Å². The number of carbonyl (C=O) groups is 1. The predicted molar refractivity (Wildman–Crippen MR) is 106 cm³/mol. The molecular weight excluding hydrogens is 366 g/mol. The summed E-state index contributed by atoms with van der Waals surface area (Å²) in [5.41, 5.74) is 2.05. The Morgan fingerprint density at radius 2 is 1.96 bits per heavy atom. The maximum absolute atomic E-state index is 11.8. The van der Waals surface area contributed by atoms with Crippen molar-refractivity contribution in [3.05, 3.63) is 65.5 Å². The molecule has 1 N–H and O–H groups in total. The Kier molecular flexibility index (Phi) is 7.04. The number of nitrogens with zero attached hydrogens (tertiary/aromatic N) is 2. The van der Waals surface area contributed by atoms with Crippen LogP contribution in [0.4, 0.5) is 0 Å². The average Bonchev–Trinajstić information content (AvgIpc) is 3.21. The zero-order chi connectivity index (χ0) is 18.0. The average molecular weight is 386 g/mol. The molecule has 26 heavy (non-hydrogen) atoms. The normalized spacial score (nSPS) is 10.5. The van der Waals surface area contributed by atoms with Gasteiger partial charge in [0.1, 0.15) is 12.3 Å². The lowest BCUT2D eigenvalue weighted by Crippen LogP contribution is -2.29. The SMILES string of the molecule is O=C(CSCc1ccccc1)NCCOc1ccc(-c2cccs2)nn1. The molecule has 0 unspecified atom stereocenters. The molecule has 0 aliphatic heterocycles. The molecular formula is C19H19N3O2S2. The highest BCUT2D eigenvalue weighted by Crippen LogP contribution is 2.22. The number of aromatic nitrogens is 2. The number of amides is 1. The van der Waals surface area contributed by atoms with Crippen LogP contribution in [0.15, 0.2) is 60.0 Å². The number of ether oxygens (including phenoxy) is 1. The Balaban J connectivity index is 1.30. The summed E-state index contributed by atoms with van der Waals surface area (Å²) in [5.74, 6) is 1.73. The molecule has 0 saturated heterocycles. The van der Waals surface area contributed by atoms with Crippen molar-refractivity contribution in [2.75, 3.05) is 18.9 Å². The smallest absolute Gasteiger partial charge is 0.233 e. The van der Waals surface area contributed by atoms with E-state index in [1.54, 1.807) is 29.2 Å². The van der Waals surface area contributed by atoms with E-state index < -0.39 is 0 Å². The van der Waals surface area contributed by atoms with Gasteiger partial charge in [-0.15, -0.1) is 33.3 Å². The van der Waals surface area contributed by atoms with E-state index >= 15 is 0 Å². The highest BCUT2D eigenvalue weighted by molar-refractivity contribution is 7.99. The van der Waals surface area contributed by atoms with Gasteiger partial charge < -0.3 is 10.1 Å². The Bertz CT molecular complexity index is 793. The summed E-state index contributed by atoms with van der Waals surface area (Å²) < 4.78 is 5.51. The van der Waals surface area contributed by atoms with E-state index in [0.29, 0.717) is 24.8 Å². The summed E-state index contributed by atoms with van der Waals surface area (Å²) >= 11 is 3.21. The van der Waals surface area contributed by atoms with Gasteiger partial charge in [0.15, 0.2) is 0 Å². The van der Waals surface area contributed by atoms with E-state index in [1.165, 1.54) is 5.56 Å². The second kappa shape index (κ2) is 9.94. The number of nitrogens with one attached hydrogen (secondary N) is 1. The predicted octanol–water partition coefficient (Wildman–Crippen LogP) is 3.63. The number of thiophene rings is 1. The molecule has 3 aromatic rings. The second-order valence-corrected chi connectivity index (χ2v) is 7.34. The van der Waals surface area contributed by atoms with Gasteiger partial charge in [0.25, 0.3) is 0 Å². The Hall–Kier alpha value is -2.38. The fourth-order valence-electron chi connectivity index (χ4n) is 2.19. The summed E-state index contributed by atoms with van der Waals surface area (Å²) in [4.78, 5) is 12.9. The van der Waals surface area contributed by atoms with Crippen LogP contribution < -0.4 is 10.1 Å². The Morgan fingerprint density at radius 3 is 2.69 bits per heavy atom. The maximum atomic E-state index is 11.8. The number of hydrogen-bond acceptors (Lipinski definition) is 6. The van der Waals surface area contributed by atoms with Crippen molar-refractivity contribution in [1.82, 2.24) is 15.5 Å². The van der Waals surface area contributed by atoms with E-state index in [-0.39, 0.29) is 5.91 Å². The van der Waals surface area contributed by atoms with Crippen molar-refractivity contribution in [3.63, 3.8) is 0 Å². The number of hydrogen-bond donors (Lipinski definition) is 1. The zero-order valence-corrected chi connectivity index (χ0v) is 15.8. The van der Waals surface area contributed by atoms with Crippen LogP contribution in [0, 0.1) is 0 Å². The van der Waals surface area contributed by atoms with Crippen LogP contribution in [0.1, 0.15) is 5.56 Å². The van der Waals surface area contributed by atoms with Gasteiger partial charge in [-0.1, -0.05) is 36.4 Å². The van der Waals surface area contributed by atoms with Gasteiger partial charge in [-0.25, -0.2) is 0 Å². The largest absolute Gasteiger partial charge is 0.475 e. The lowest BCUT2D eigenvalue weighted by Gasteiger charge is -2.07. The van der Waals surface area contributed by atoms with Crippen LogP contribution in [0.25, 0.3) is 10.6 Å². The van der Waals surface area contributed by atoms with Gasteiger partial charge in [-0.05, 0) is 23.1 Å². The maximum Gasteiger partial charge on any atom is 0.233 e. The lowest BCUT2D eigenvalue weighted by molar-refractivity contribution is -0.118. The Morgan fingerprint density at radius 1 is 1.08 bits per heavy atom. The zero-order valence-electron chi connectivity index (χ0n) is 14.1.